The maximum atomic E-state index is 13.0. The first-order chi connectivity index (χ1) is 7.65. The molecule has 0 aliphatic carbocycles. The molecule has 1 aromatic carbocycles. The second-order valence-corrected chi connectivity index (χ2v) is 3.51. The normalized spacial score (nSPS) is 11.9. The summed E-state index contributed by atoms with van der Waals surface area (Å²) in [5, 5.41) is 9.46. The number of terminal acetylenes is 1. The van der Waals surface area contributed by atoms with Gasteiger partial charge in [-0.1, -0.05) is 0 Å². The molecule has 2 nitrogen and oxygen atoms in total. The quantitative estimate of drug-likeness (QED) is 0.613. The van der Waals surface area contributed by atoms with Crippen LogP contribution in [0.4, 0.5) is 4.39 Å². The molecule has 16 heavy (non-hydrogen) atoms. The van der Waals surface area contributed by atoms with Crippen molar-refractivity contribution in [3.63, 3.8) is 0 Å². The van der Waals surface area contributed by atoms with E-state index in [-0.39, 0.29) is 5.82 Å². The van der Waals surface area contributed by atoms with Crippen LogP contribution in [0, 0.1) is 18.2 Å². The third-order valence-corrected chi connectivity index (χ3v) is 2.15. The van der Waals surface area contributed by atoms with Gasteiger partial charge in [-0.25, -0.2) is 4.39 Å². The van der Waals surface area contributed by atoms with Crippen LogP contribution in [0.5, 0.6) is 5.75 Å². The lowest BCUT2D eigenvalue weighted by Crippen LogP contribution is -2.02. The van der Waals surface area contributed by atoms with Crippen LogP contribution in [0.2, 0.25) is 0 Å². The van der Waals surface area contributed by atoms with E-state index < -0.39 is 6.10 Å². The Kier molecular flexibility index (Phi) is 4.81. The topological polar surface area (TPSA) is 29.5 Å². The number of ether oxygens (including phenoxy) is 1. The van der Waals surface area contributed by atoms with Crippen molar-refractivity contribution in [1.29, 1.82) is 0 Å². The molecule has 0 heterocycles. The highest BCUT2D eigenvalue weighted by atomic mass is 19.1. The van der Waals surface area contributed by atoms with Gasteiger partial charge in [-0.3, -0.25) is 0 Å². The van der Waals surface area contributed by atoms with Gasteiger partial charge in [-0.15, -0.1) is 12.3 Å². The Morgan fingerprint density at radius 1 is 1.56 bits per heavy atom. The molecule has 3 heteroatoms. The van der Waals surface area contributed by atoms with Crippen LogP contribution in [-0.4, -0.2) is 11.7 Å². The van der Waals surface area contributed by atoms with E-state index in [0.717, 1.165) is 0 Å². The molecule has 0 aromatic heterocycles. The van der Waals surface area contributed by atoms with E-state index in [1.807, 2.05) is 0 Å². The van der Waals surface area contributed by atoms with Crippen molar-refractivity contribution in [2.75, 3.05) is 6.61 Å². The summed E-state index contributed by atoms with van der Waals surface area (Å²) in [6.45, 7) is 2.04. The third-order valence-electron chi connectivity index (χ3n) is 2.15. The Morgan fingerprint density at radius 3 is 2.94 bits per heavy atom. The molecular weight excluding hydrogens is 207 g/mol. The summed E-state index contributed by atoms with van der Waals surface area (Å²) >= 11 is 0. The molecule has 0 aliphatic heterocycles. The van der Waals surface area contributed by atoms with Gasteiger partial charge in [0.05, 0.1) is 12.7 Å². The van der Waals surface area contributed by atoms with Gasteiger partial charge >= 0.3 is 0 Å². The average Bonchev–Trinajstić information content (AvgIpc) is 2.24. The molecule has 1 rings (SSSR count). The molecule has 0 saturated carbocycles. The lowest BCUT2D eigenvalue weighted by Gasteiger charge is -2.13. The fraction of sp³-hybridized carbons (Fsp3) is 0.385. The summed E-state index contributed by atoms with van der Waals surface area (Å²) < 4.78 is 18.4. The van der Waals surface area contributed by atoms with Crippen LogP contribution in [0.15, 0.2) is 18.2 Å². The van der Waals surface area contributed by atoms with Gasteiger partial charge in [0.25, 0.3) is 0 Å². The van der Waals surface area contributed by atoms with Gasteiger partial charge < -0.3 is 9.84 Å². The number of aliphatic hydroxyl groups excluding tert-OH is 1. The number of hydrogen-bond acceptors (Lipinski definition) is 2. The van der Waals surface area contributed by atoms with Gasteiger partial charge in [0, 0.05) is 18.1 Å². The van der Waals surface area contributed by atoms with Crippen LogP contribution in [0.1, 0.15) is 31.4 Å². The van der Waals surface area contributed by atoms with Crippen LogP contribution in [-0.2, 0) is 0 Å². The lowest BCUT2D eigenvalue weighted by atomic mass is 10.1. The Bertz CT molecular complexity index is 380. The molecule has 86 valence electrons. The molecule has 0 bridgehead atoms. The molecule has 0 fully saturated rings. The Labute approximate surface area is 95.1 Å². The monoisotopic (exact) mass is 222 g/mol. The molecule has 1 N–H and O–H groups in total. The molecule has 1 atom stereocenters. The van der Waals surface area contributed by atoms with Gasteiger partial charge in [-0.05, 0) is 25.5 Å². The van der Waals surface area contributed by atoms with Crippen LogP contribution >= 0.6 is 0 Å². The summed E-state index contributed by atoms with van der Waals surface area (Å²) in [4.78, 5) is 0. The summed E-state index contributed by atoms with van der Waals surface area (Å²) in [6, 6.07) is 4.10. The van der Waals surface area contributed by atoms with Crippen molar-refractivity contribution in [2.24, 2.45) is 0 Å². The maximum Gasteiger partial charge on any atom is 0.127 e. The van der Waals surface area contributed by atoms with Gasteiger partial charge in [-0.2, -0.15) is 0 Å². The molecule has 0 spiro atoms. The van der Waals surface area contributed by atoms with Gasteiger partial charge in [0.2, 0.25) is 0 Å². The zero-order valence-corrected chi connectivity index (χ0v) is 9.24. The largest absolute Gasteiger partial charge is 0.493 e. The Hall–Kier alpha value is -1.53. The molecule has 1 aromatic rings. The SMILES string of the molecule is C#CCCCOc1cc(F)ccc1[C@@H](C)O. The van der Waals surface area contributed by atoms with Crippen LogP contribution in [0.3, 0.4) is 0 Å². The number of hydrogen-bond donors (Lipinski definition) is 1. The highest BCUT2D eigenvalue weighted by molar-refractivity contribution is 5.35. The number of benzene rings is 1. The van der Waals surface area contributed by atoms with Gasteiger partial charge in [0.15, 0.2) is 0 Å². The van der Waals surface area contributed by atoms with Crippen molar-refractivity contribution in [2.45, 2.75) is 25.9 Å². The number of halogens is 1. The van der Waals surface area contributed by atoms with E-state index in [2.05, 4.69) is 5.92 Å². The molecular formula is C13H15FO2. The smallest absolute Gasteiger partial charge is 0.127 e. The molecule has 0 radical (unpaired) electrons. The number of rotatable bonds is 5. The Morgan fingerprint density at radius 2 is 2.31 bits per heavy atom. The van der Waals surface area contributed by atoms with Crippen LogP contribution < -0.4 is 4.74 Å². The minimum absolute atomic E-state index is 0.378. The zero-order valence-electron chi connectivity index (χ0n) is 9.24. The highest BCUT2D eigenvalue weighted by Gasteiger charge is 2.09. The second kappa shape index (κ2) is 6.14. The van der Waals surface area contributed by atoms with Crippen LogP contribution in [0.25, 0.3) is 0 Å². The van der Waals surface area contributed by atoms with Crippen molar-refractivity contribution < 1.29 is 14.2 Å². The average molecular weight is 222 g/mol. The minimum atomic E-state index is -0.678. The van der Waals surface area contributed by atoms with E-state index in [4.69, 9.17) is 11.2 Å². The molecule has 0 unspecified atom stereocenters. The van der Waals surface area contributed by atoms with Crippen molar-refractivity contribution in [3.05, 3.63) is 29.6 Å². The van der Waals surface area contributed by atoms with E-state index in [0.29, 0.717) is 30.8 Å². The Balaban J connectivity index is 2.69. The van der Waals surface area contributed by atoms with Crippen molar-refractivity contribution >= 4 is 0 Å². The summed E-state index contributed by atoms with van der Waals surface area (Å²) in [5.74, 6) is 2.50. The van der Waals surface area contributed by atoms with E-state index >= 15 is 0 Å². The molecule has 0 aliphatic rings. The predicted octanol–water partition coefficient (Wildman–Crippen LogP) is 2.67. The van der Waals surface area contributed by atoms with E-state index in [1.165, 1.54) is 18.2 Å². The maximum absolute atomic E-state index is 13.0. The zero-order chi connectivity index (χ0) is 12.0. The second-order valence-electron chi connectivity index (χ2n) is 3.51. The van der Waals surface area contributed by atoms with E-state index in [9.17, 15) is 9.50 Å². The minimum Gasteiger partial charge on any atom is -0.493 e. The fourth-order valence-electron chi connectivity index (χ4n) is 1.33. The van der Waals surface area contributed by atoms with Gasteiger partial charge in [0.1, 0.15) is 11.6 Å². The first-order valence-electron chi connectivity index (χ1n) is 5.19. The summed E-state index contributed by atoms with van der Waals surface area (Å²) in [7, 11) is 0. The van der Waals surface area contributed by atoms with Crippen molar-refractivity contribution in [1.82, 2.24) is 0 Å². The first-order valence-corrected chi connectivity index (χ1v) is 5.19. The van der Waals surface area contributed by atoms with E-state index in [1.54, 1.807) is 6.92 Å². The predicted molar refractivity (Wildman–Crippen MR) is 60.6 cm³/mol. The highest BCUT2D eigenvalue weighted by Crippen LogP contribution is 2.26. The first kappa shape index (κ1) is 12.5. The third kappa shape index (κ3) is 3.56. The molecule has 0 saturated heterocycles. The summed E-state index contributed by atoms with van der Waals surface area (Å²) in [5.41, 5.74) is 0.585. The lowest BCUT2D eigenvalue weighted by molar-refractivity contribution is 0.190. The summed E-state index contributed by atoms with van der Waals surface area (Å²) in [6.07, 6.45) is 5.77. The number of aliphatic hydroxyl groups is 1. The number of unbranched alkanes of at least 4 members (excludes halogenated alkanes) is 1. The standard InChI is InChI=1S/C13H15FO2/c1-3-4-5-8-16-13-9-11(14)6-7-12(13)10(2)15/h1,6-7,9-10,15H,4-5,8H2,2H3/t10-/m1/s1. The molecule has 0 amide bonds. The van der Waals surface area contributed by atoms with Crippen molar-refractivity contribution in [3.8, 4) is 18.1 Å². The fourth-order valence-corrected chi connectivity index (χ4v) is 1.33.